The Morgan fingerprint density at radius 2 is 1.80 bits per heavy atom. The summed E-state index contributed by atoms with van der Waals surface area (Å²) in [5.74, 6) is -0.374. The van der Waals surface area contributed by atoms with E-state index in [9.17, 15) is 19.5 Å². The molecule has 8 heteroatoms. The van der Waals surface area contributed by atoms with Gasteiger partial charge < -0.3 is 25.4 Å². The van der Waals surface area contributed by atoms with Crippen LogP contribution in [0.1, 0.15) is 60.8 Å². The molecule has 0 bridgehead atoms. The lowest BCUT2D eigenvalue weighted by Crippen LogP contribution is -2.30. The van der Waals surface area contributed by atoms with Crippen LogP contribution in [-0.2, 0) is 22.4 Å². The Kier molecular flexibility index (Phi) is 9.43. The first-order chi connectivity index (χ1) is 19.3. The molecule has 0 aromatic heterocycles. The highest BCUT2D eigenvalue weighted by molar-refractivity contribution is 6.01. The fraction of sp³-hybridized carbons (Fsp3) is 0.344. The van der Waals surface area contributed by atoms with E-state index in [1.807, 2.05) is 49.4 Å². The number of carbonyl (C=O) groups is 3. The molecule has 0 unspecified atom stereocenters. The molecule has 3 amide bonds. The summed E-state index contributed by atoms with van der Waals surface area (Å²) >= 11 is 0. The smallest absolute Gasteiger partial charge is 0.323 e. The first-order valence-electron chi connectivity index (χ1n) is 13.7. The molecule has 1 heterocycles. The number of nitrogens with one attached hydrogen (secondary N) is 2. The van der Waals surface area contributed by atoms with Gasteiger partial charge in [-0.15, -0.1) is 0 Å². The highest BCUT2D eigenvalue weighted by Gasteiger charge is 2.26. The Bertz CT molecular complexity index is 1390. The fourth-order valence-electron chi connectivity index (χ4n) is 5.19. The number of carboxylic acids is 1. The van der Waals surface area contributed by atoms with Gasteiger partial charge in [-0.3, -0.25) is 9.59 Å². The number of methoxy groups -OCH3 is 1. The number of unbranched alkanes of at least 4 members (excludes halogenated alkanes) is 1. The number of hydrogen-bond donors (Lipinski definition) is 3. The molecular formula is C32H37N3O5. The number of hydrogen-bond acceptors (Lipinski definition) is 4. The molecule has 3 aromatic carbocycles. The van der Waals surface area contributed by atoms with Crippen molar-refractivity contribution in [3.63, 3.8) is 0 Å². The van der Waals surface area contributed by atoms with Crippen molar-refractivity contribution < 1.29 is 24.2 Å². The summed E-state index contributed by atoms with van der Waals surface area (Å²) < 4.78 is 5.51. The van der Waals surface area contributed by atoms with Crippen LogP contribution in [0.15, 0.2) is 60.7 Å². The lowest BCUT2D eigenvalue weighted by molar-refractivity contribution is -0.137. The summed E-state index contributed by atoms with van der Waals surface area (Å²) in [6.45, 7) is 4.61. The van der Waals surface area contributed by atoms with E-state index in [-0.39, 0.29) is 30.7 Å². The lowest BCUT2D eigenvalue weighted by atomic mass is 9.89. The van der Waals surface area contributed by atoms with Crippen LogP contribution in [0, 0.1) is 6.92 Å². The quantitative estimate of drug-likeness (QED) is 0.255. The molecule has 0 saturated carbocycles. The SMILES string of the molecule is CCCC[C@H](CC(=O)O)c1ccc2c(c1)CCN2C(=O)Cc1ccc(NC(=O)Nc2ccccc2C)c(OC)c1. The number of carbonyl (C=O) groups excluding carboxylic acids is 2. The lowest BCUT2D eigenvalue weighted by Gasteiger charge is -2.20. The Hall–Kier alpha value is -4.33. The van der Waals surface area contributed by atoms with Crippen LogP contribution < -0.4 is 20.3 Å². The third-order valence-corrected chi connectivity index (χ3v) is 7.36. The van der Waals surface area contributed by atoms with Crippen LogP contribution in [0.25, 0.3) is 0 Å². The second-order valence-corrected chi connectivity index (χ2v) is 10.2. The van der Waals surface area contributed by atoms with E-state index in [1.165, 1.54) is 7.11 Å². The van der Waals surface area contributed by atoms with Crippen LogP contribution >= 0.6 is 0 Å². The van der Waals surface area contributed by atoms with Gasteiger partial charge in [-0.1, -0.05) is 56.2 Å². The third-order valence-electron chi connectivity index (χ3n) is 7.36. The van der Waals surface area contributed by atoms with Gasteiger partial charge in [-0.2, -0.15) is 0 Å². The molecule has 0 saturated heterocycles. The highest BCUT2D eigenvalue weighted by Crippen LogP contribution is 2.35. The number of carboxylic acid groups (broad SMARTS) is 1. The fourth-order valence-corrected chi connectivity index (χ4v) is 5.19. The standard InChI is InChI=1S/C32H37N3O5/c1-4-5-9-23(20-31(37)38)24-12-14-28-25(19-24)15-16-35(28)30(36)18-22-11-13-27(29(17-22)40-3)34-32(39)33-26-10-7-6-8-21(26)2/h6-8,10-14,17,19,23H,4-5,9,15-16,18,20H2,1-3H3,(H,37,38)(H2,33,34,39)/t23-/m1/s1. The van der Waals surface area contributed by atoms with E-state index in [4.69, 9.17) is 4.74 Å². The van der Waals surface area contributed by atoms with E-state index in [2.05, 4.69) is 23.6 Å². The van der Waals surface area contributed by atoms with Crippen LogP contribution in [0.3, 0.4) is 0 Å². The Morgan fingerprint density at radius 3 is 2.52 bits per heavy atom. The van der Waals surface area contributed by atoms with Gasteiger partial charge in [0.25, 0.3) is 0 Å². The summed E-state index contributed by atoms with van der Waals surface area (Å²) in [6, 6.07) is 18.5. The Labute approximate surface area is 235 Å². The van der Waals surface area contributed by atoms with Crippen molar-refractivity contribution in [3.05, 3.63) is 82.9 Å². The number of urea groups is 1. The monoisotopic (exact) mass is 543 g/mol. The average molecular weight is 544 g/mol. The molecule has 40 heavy (non-hydrogen) atoms. The number of nitrogens with zero attached hydrogens (tertiary/aromatic N) is 1. The van der Waals surface area contributed by atoms with Gasteiger partial charge in [0, 0.05) is 17.9 Å². The maximum atomic E-state index is 13.3. The summed E-state index contributed by atoms with van der Waals surface area (Å²) in [7, 11) is 1.53. The maximum Gasteiger partial charge on any atom is 0.323 e. The zero-order valence-corrected chi connectivity index (χ0v) is 23.3. The molecule has 8 nitrogen and oxygen atoms in total. The van der Waals surface area contributed by atoms with Crippen molar-refractivity contribution in [3.8, 4) is 5.75 Å². The summed E-state index contributed by atoms with van der Waals surface area (Å²) in [5.41, 5.74) is 5.95. The number of amides is 3. The zero-order valence-electron chi connectivity index (χ0n) is 23.3. The number of aliphatic carboxylic acids is 1. The van der Waals surface area contributed by atoms with Crippen molar-refractivity contribution in [1.82, 2.24) is 0 Å². The molecule has 0 radical (unpaired) electrons. The Morgan fingerprint density at radius 1 is 1.02 bits per heavy atom. The van der Waals surface area contributed by atoms with Crippen molar-refractivity contribution >= 4 is 35.0 Å². The molecule has 1 aliphatic heterocycles. The molecule has 210 valence electrons. The minimum atomic E-state index is -0.790. The van der Waals surface area contributed by atoms with Crippen LogP contribution in [0.5, 0.6) is 5.75 Å². The number of rotatable bonds is 11. The Balaban J connectivity index is 1.42. The first kappa shape index (κ1) is 28.7. The molecule has 3 aromatic rings. The molecule has 4 rings (SSSR count). The van der Waals surface area contributed by atoms with Crippen molar-refractivity contribution in [2.75, 3.05) is 29.2 Å². The molecule has 0 aliphatic carbocycles. The molecule has 0 spiro atoms. The van der Waals surface area contributed by atoms with E-state index in [0.717, 1.165) is 59.3 Å². The second kappa shape index (κ2) is 13.2. The molecule has 1 aliphatic rings. The van der Waals surface area contributed by atoms with Crippen molar-refractivity contribution in [2.45, 2.75) is 58.3 Å². The summed E-state index contributed by atoms with van der Waals surface area (Å²) in [5, 5.41) is 15.0. The van der Waals surface area contributed by atoms with Gasteiger partial charge in [0.05, 0.1) is 25.6 Å². The maximum absolute atomic E-state index is 13.3. The van der Waals surface area contributed by atoms with Crippen molar-refractivity contribution in [1.29, 1.82) is 0 Å². The number of aryl methyl sites for hydroxylation is 1. The topological polar surface area (TPSA) is 108 Å². The van der Waals surface area contributed by atoms with E-state index in [1.54, 1.807) is 17.0 Å². The predicted molar refractivity (Wildman–Crippen MR) is 158 cm³/mol. The average Bonchev–Trinajstić information content (AvgIpc) is 3.36. The van der Waals surface area contributed by atoms with Gasteiger partial charge in [-0.25, -0.2) is 4.79 Å². The van der Waals surface area contributed by atoms with Crippen LogP contribution in [0.2, 0.25) is 0 Å². The van der Waals surface area contributed by atoms with Gasteiger partial charge in [0.15, 0.2) is 0 Å². The van der Waals surface area contributed by atoms with Gasteiger partial charge in [0.1, 0.15) is 5.75 Å². The minimum Gasteiger partial charge on any atom is -0.495 e. The summed E-state index contributed by atoms with van der Waals surface area (Å²) in [6.07, 6.45) is 3.88. The normalized spacial score (nSPS) is 12.9. The number of ether oxygens (including phenoxy) is 1. The number of anilines is 3. The first-order valence-corrected chi connectivity index (χ1v) is 13.7. The van der Waals surface area contributed by atoms with Gasteiger partial charge in [-0.05, 0) is 72.2 Å². The van der Waals surface area contributed by atoms with E-state index >= 15 is 0 Å². The molecule has 1 atom stereocenters. The minimum absolute atomic E-state index is 0.0223. The zero-order chi connectivity index (χ0) is 28.6. The number of fused-ring (bicyclic) bond motifs is 1. The predicted octanol–water partition coefficient (Wildman–Crippen LogP) is 6.53. The van der Waals surface area contributed by atoms with Crippen LogP contribution in [0.4, 0.5) is 21.9 Å². The number of para-hydroxylation sites is 1. The summed E-state index contributed by atoms with van der Waals surface area (Å²) in [4.78, 5) is 39.1. The van der Waals surface area contributed by atoms with Crippen molar-refractivity contribution in [2.24, 2.45) is 0 Å². The largest absolute Gasteiger partial charge is 0.495 e. The molecule has 3 N–H and O–H groups in total. The molecular weight excluding hydrogens is 506 g/mol. The van der Waals surface area contributed by atoms with Gasteiger partial charge >= 0.3 is 12.0 Å². The van der Waals surface area contributed by atoms with E-state index in [0.29, 0.717) is 18.0 Å². The third kappa shape index (κ3) is 7.00. The van der Waals surface area contributed by atoms with Crippen LogP contribution in [-0.4, -0.2) is 36.7 Å². The highest BCUT2D eigenvalue weighted by atomic mass is 16.5. The van der Waals surface area contributed by atoms with Gasteiger partial charge in [0.2, 0.25) is 5.91 Å². The number of benzene rings is 3. The second-order valence-electron chi connectivity index (χ2n) is 10.2. The molecule has 0 fully saturated rings. The van der Waals surface area contributed by atoms with E-state index < -0.39 is 5.97 Å².